The van der Waals surface area contributed by atoms with Crippen LogP contribution in [0.25, 0.3) is 31.6 Å². The van der Waals surface area contributed by atoms with Crippen LogP contribution in [-0.4, -0.2) is 15.0 Å². The summed E-state index contributed by atoms with van der Waals surface area (Å²) in [5.41, 5.74) is 5.47. The number of aromatic nitrogens is 3. The summed E-state index contributed by atoms with van der Waals surface area (Å²) < 4.78 is 6.41. The van der Waals surface area contributed by atoms with Gasteiger partial charge in [0.15, 0.2) is 5.82 Å². The molecule has 4 aromatic heterocycles. The fourth-order valence-corrected chi connectivity index (χ4v) is 4.94. The molecule has 7 heteroatoms. The summed E-state index contributed by atoms with van der Waals surface area (Å²) in [4.78, 5) is 13.4. The predicted octanol–water partition coefficient (Wildman–Crippen LogP) is 6.47. The lowest BCUT2D eigenvalue weighted by Gasteiger charge is -2.06. The second-order valence-corrected chi connectivity index (χ2v) is 8.88. The average Bonchev–Trinajstić information content (AvgIpc) is 3.60. The third-order valence-corrected chi connectivity index (χ3v) is 6.75. The Balaban J connectivity index is 1.21. The monoisotopic (exact) mass is 451 g/mol. The standard InChI is InChI=1S/C26H21N5OS/c1-2-21(32-11-1)15-27-14-17-3-5-18(6-4-17)24-13-23-25(33-24)26(30-16-29-23)31-20-7-8-22-19(12-20)9-10-28-22/h1-13,16,27-28H,14-15H2,(H,29,30,31). The Hall–Kier alpha value is -3.94. The number of hydrogen-bond donors (Lipinski definition) is 3. The molecule has 6 rings (SSSR count). The number of anilines is 2. The van der Waals surface area contributed by atoms with Crippen molar-refractivity contribution in [2.24, 2.45) is 0 Å². The number of nitrogens with zero attached hydrogens (tertiary/aromatic N) is 2. The maximum Gasteiger partial charge on any atom is 0.151 e. The molecular weight excluding hydrogens is 430 g/mol. The molecule has 2 aromatic carbocycles. The van der Waals surface area contributed by atoms with Crippen molar-refractivity contribution in [2.75, 3.05) is 5.32 Å². The summed E-state index contributed by atoms with van der Waals surface area (Å²) in [5.74, 6) is 1.76. The van der Waals surface area contributed by atoms with Gasteiger partial charge < -0.3 is 20.0 Å². The first kappa shape index (κ1) is 19.7. The zero-order chi connectivity index (χ0) is 22.0. The average molecular weight is 452 g/mol. The van der Waals surface area contributed by atoms with Crippen LogP contribution in [0.5, 0.6) is 0 Å². The van der Waals surface area contributed by atoms with Crippen molar-refractivity contribution >= 4 is 44.0 Å². The molecule has 6 nitrogen and oxygen atoms in total. The van der Waals surface area contributed by atoms with Gasteiger partial charge in [0.05, 0.1) is 23.0 Å². The second kappa shape index (κ2) is 8.54. The molecule has 0 atom stereocenters. The van der Waals surface area contributed by atoms with E-state index in [4.69, 9.17) is 4.42 Å². The van der Waals surface area contributed by atoms with Gasteiger partial charge in [-0.2, -0.15) is 0 Å². The molecule has 0 unspecified atom stereocenters. The fraction of sp³-hybridized carbons (Fsp3) is 0.0769. The van der Waals surface area contributed by atoms with Gasteiger partial charge in [-0.15, -0.1) is 11.3 Å². The third-order valence-electron chi connectivity index (χ3n) is 5.57. The number of benzene rings is 2. The van der Waals surface area contributed by atoms with E-state index in [1.54, 1.807) is 23.9 Å². The highest BCUT2D eigenvalue weighted by atomic mass is 32.1. The molecule has 0 saturated carbocycles. The number of aromatic amines is 1. The maximum absolute atomic E-state index is 5.36. The number of thiophene rings is 1. The molecule has 0 fully saturated rings. The topological polar surface area (TPSA) is 78.8 Å². The normalized spacial score (nSPS) is 11.4. The Morgan fingerprint density at radius 2 is 1.88 bits per heavy atom. The number of furan rings is 1. The zero-order valence-corrected chi connectivity index (χ0v) is 18.5. The quantitative estimate of drug-likeness (QED) is 0.259. The van der Waals surface area contributed by atoms with E-state index >= 15 is 0 Å². The molecule has 0 spiro atoms. The first-order valence-corrected chi connectivity index (χ1v) is 11.5. The van der Waals surface area contributed by atoms with Crippen molar-refractivity contribution < 1.29 is 4.42 Å². The van der Waals surface area contributed by atoms with Crippen molar-refractivity contribution in [3.8, 4) is 10.4 Å². The Labute approximate surface area is 194 Å². The molecule has 162 valence electrons. The highest BCUT2D eigenvalue weighted by Crippen LogP contribution is 2.36. The summed E-state index contributed by atoms with van der Waals surface area (Å²) in [7, 11) is 0. The number of H-pyrrole nitrogens is 1. The van der Waals surface area contributed by atoms with E-state index in [1.165, 1.54) is 16.0 Å². The minimum absolute atomic E-state index is 0.719. The minimum Gasteiger partial charge on any atom is -0.468 e. The molecule has 3 N–H and O–H groups in total. The van der Waals surface area contributed by atoms with Gasteiger partial charge in [-0.05, 0) is 53.6 Å². The summed E-state index contributed by atoms with van der Waals surface area (Å²) >= 11 is 1.70. The highest BCUT2D eigenvalue weighted by Gasteiger charge is 2.11. The number of rotatable bonds is 7. The van der Waals surface area contributed by atoms with Crippen LogP contribution in [0, 0.1) is 0 Å². The fourth-order valence-electron chi connectivity index (χ4n) is 3.88. The lowest BCUT2D eigenvalue weighted by Crippen LogP contribution is -2.11. The molecule has 0 saturated heterocycles. The highest BCUT2D eigenvalue weighted by molar-refractivity contribution is 7.22. The van der Waals surface area contributed by atoms with Gasteiger partial charge in [0.25, 0.3) is 0 Å². The lowest BCUT2D eigenvalue weighted by molar-refractivity contribution is 0.483. The van der Waals surface area contributed by atoms with Gasteiger partial charge in [0, 0.05) is 34.2 Å². The first-order chi connectivity index (χ1) is 16.3. The predicted molar refractivity (Wildman–Crippen MR) is 134 cm³/mol. The van der Waals surface area contributed by atoms with Crippen LogP contribution in [0.3, 0.4) is 0 Å². The Kier molecular flexibility index (Phi) is 5.10. The van der Waals surface area contributed by atoms with Gasteiger partial charge in [0.2, 0.25) is 0 Å². The SMILES string of the molecule is c1coc(CNCc2ccc(-c3cc4ncnc(Nc5ccc6[nH]ccc6c5)c4s3)cc2)c1. The molecule has 0 amide bonds. The van der Waals surface area contributed by atoms with Crippen molar-refractivity contribution in [3.05, 3.63) is 96.8 Å². The van der Waals surface area contributed by atoms with Crippen LogP contribution in [0.1, 0.15) is 11.3 Å². The van der Waals surface area contributed by atoms with Crippen LogP contribution >= 0.6 is 11.3 Å². The maximum atomic E-state index is 5.36. The minimum atomic E-state index is 0.719. The zero-order valence-electron chi connectivity index (χ0n) is 17.7. The Bertz CT molecular complexity index is 1520. The van der Waals surface area contributed by atoms with Crippen LogP contribution in [0.4, 0.5) is 11.5 Å². The molecule has 33 heavy (non-hydrogen) atoms. The van der Waals surface area contributed by atoms with Crippen LogP contribution in [0.15, 0.2) is 89.9 Å². The second-order valence-electron chi connectivity index (χ2n) is 7.83. The van der Waals surface area contributed by atoms with Gasteiger partial charge in [-0.25, -0.2) is 9.97 Å². The van der Waals surface area contributed by atoms with Crippen molar-refractivity contribution in [1.29, 1.82) is 0 Å². The summed E-state index contributed by atoms with van der Waals surface area (Å²) in [6.45, 7) is 1.51. The number of nitrogens with one attached hydrogen (secondary N) is 3. The number of hydrogen-bond acceptors (Lipinski definition) is 6. The number of fused-ring (bicyclic) bond motifs is 2. The van der Waals surface area contributed by atoms with Crippen molar-refractivity contribution in [3.63, 3.8) is 0 Å². The van der Waals surface area contributed by atoms with Crippen molar-refractivity contribution in [2.45, 2.75) is 13.1 Å². The van der Waals surface area contributed by atoms with Crippen molar-refractivity contribution in [1.82, 2.24) is 20.3 Å². The van der Waals surface area contributed by atoms with E-state index < -0.39 is 0 Å². The molecule has 0 radical (unpaired) electrons. The molecule has 0 bridgehead atoms. The van der Waals surface area contributed by atoms with E-state index in [-0.39, 0.29) is 0 Å². The largest absolute Gasteiger partial charge is 0.468 e. The molecule has 4 heterocycles. The van der Waals surface area contributed by atoms with Gasteiger partial charge >= 0.3 is 0 Å². The van der Waals surface area contributed by atoms with Crippen LogP contribution < -0.4 is 10.6 Å². The molecule has 0 aliphatic carbocycles. The van der Waals surface area contributed by atoms with Gasteiger partial charge in [0.1, 0.15) is 12.1 Å². The van der Waals surface area contributed by atoms with Crippen LogP contribution in [-0.2, 0) is 13.1 Å². The van der Waals surface area contributed by atoms with E-state index in [9.17, 15) is 0 Å². The third kappa shape index (κ3) is 4.11. The van der Waals surface area contributed by atoms with E-state index in [2.05, 4.69) is 80.2 Å². The van der Waals surface area contributed by atoms with E-state index in [0.717, 1.165) is 51.5 Å². The molecule has 6 aromatic rings. The summed E-state index contributed by atoms with van der Waals surface area (Å²) in [6, 6.07) is 23.0. The van der Waals surface area contributed by atoms with Gasteiger partial charge in [-0.1, -0.05) is 24.3 Å². The van der Waals surface area contributed by atoms with E-state index in [0.29, 0.717) is 0 Å². The smallest absolute Gasteiger partial charge is 0.151 e. The molecule has 0 aliphatic heterocycles. The first-order valence-electron chi connectivity index (χ1n) is 10.7. The molecule has 0 aliphatic rings. The summed E-state index contributed by atoms with van der Waals surface area (Å²) in [6.07, 6.45) is 5.26. The van der Waals surface area contributed by atoms with E-state index in [1.807, 2.05) is 18.3 Å². The summed E-state index contributed by atoms with van der Waals surface area (Å²) in [5, 5.41) is 8.03. The van der Waals surface area contributed by atoms with Gasteiger partial charge in [-0.3, -0.25) is 0 Å². The lowest BCUT2D eigenvalue weighted by atomic mass is 10.1. The Morgan fingerprint density at radius 1 is 0.939 bits per heavy atom. The Morgan fingerprint density at radius 3 is 2.76 bits per heavy atom. The molecular formula is C26H21N5OS. The van der Waals surface area contributed by atoms with Crippen LogP contribution in [0.2, 0.25) is 0 Å².